The predicted molar refractivity (Wildman–Crippen MR) is 48.9 cm³/mol. The summed E-state index contributed by atoms with van der Waals surface area (Å²) in [5, 5.41) is 0. The highest BCUT2D eigenvalue weighted by atomic mass is 16.5. The molecule has 0 fully saturated rings. The second-order valence-corrected chi connectivity index (χ2v) is 3.16. The maximum Gasteiger partial charge on any atom is 0.0737 e. The lowest BCUT2D eigenvalue weighted by Gasteiger charge is -2.08. The third-order valence-electron chi connectivity index (χ3n) is 1.72. The molecule has 0 unspecified atom stereocenters. The molecule has 0 N–H and O–H groups in total. The zero-order chi connectivity index (χ0) is 8.97. The van der Waals surface area contributed by atoms with E-state index in [1.165, 1.54) is 11.1 Å². The van der Waals surface area contributed by atoms with E-state index in [0.717, 1.165) is 0 Å². The molecule has 0 aromatic carbocycles. The predicted octanol–water partition coefficient (Wildman–Crippen LogP) is 2.32. The molecule has 0 bridgehead atoms. The molecular formula is C10H15NO. The van der Waals surface area contributed by atoms with Crippen molar-refractivity contribution in [3.05, 3.63) is 29.6 Å². The van der Waals surface area contributed by atoms with Gasteiger partial charge in [-0.1, -0.05) is 0 Å². The summed E-state index contributed by atoms with van der Waals surface area (Å²) in [5.41, 5.74) is 2.41. The minimum atomic E-state index is 0.282. The number of rotatable bonds is 3. The topological polar surface area (TPSA) is 22.1 Å². The van der Waals surface area contributed by atoms with Crippen LogP contribution < -0.4 is 0 Å². The highest BCUT2D eigenvalue weighted by molar-refractivity contribution is 5.20. The SMILES string of the molecule is Cc1ccncc1COC(C)C. The Hall–Kier alpha value is -0.890. The number of nitrogens with zero attached hydrogens (tertiary/aromatic N) is 1. The third-order valence-corrected chi connectivity index (χ3v) is 1.72. The second kappa shape index (κ2) is 4.21. The van der Waals surface area contributed by atoms with E-state index in [9.17, 15) is 0 Å². The van der Waals surface area contributed by atoms with Crippen LogP contribution in [0.5, 0.6) is 0 Å². The first-order valence-electron chi connectivity index (χ1n) is 4.21. The summed E-state index contributed by atoms with van der Waals surface area (Å²) in [7, 11) is 0. The first-order valence-corrected chi connectivity index (χ1v) is 4.21. The molecule has 0 radical (unpaired) electrons. The van der Waals surface area contributed by atoms with E-state index < -0.39 is 0 Å². The average molecular weight is 165 g/mol. The Kier molecular flexibility index (Phi) is 3.23. The fourth-order valence-corrected chi connectivity index (χ4v) is 0.904. The van der Waals surface area contributed by atoms with Crippen LogP contribution >= 0.6 is 0 Å². The number of aromatic nitrogens is 1. The number of pyridine rings is 1. The van der Waals surface area contributed by atoms with Gasteiger partial charge in [-0.2, -0.15) is 0 Å². The van der Waals surface area contributed by atoms with Crippen LogP contribution in [0.25, 0.3) is 0 Å². The van der Waals surface area contributed by atoms with E-state index in [-0.39, 0.29) is 6.10 Å². The molecule has 0 aliphatic rings. The zero-order valence-corrected chi connectivity index (χ0v) is 7.87. The summed E-state index contributed by atoms with van der Waals surface area (Å²) in [6, 6.07) is 2.00. The Balaban J connectivity index is 2.57. The van der Waals surface area contributed by atoms with E-state index in [2.05, 4.69) is 11.9 Å². The molecule has 2 heteroatoms. The number of aryl methyl sites for hydroxylation is 1. The Bertz CT molecular complexity index is 245. The zero-order valence-electron chi connectivity index (χ0n) is 7.87. The van der Waals surface area contributed by atoms with Gasteiger partial charge in [0.2, 0.25) is 0 Å². The molecule has 1 rings (SSSR count). The number of ether oxygens (including phenoxy) is 1. The van der Waals surface area contributed by atoms with Crippen LogP contribution in [-0.2, 0) is 11.3 Å². The third kappa shape index (κ3) is 2.62. The van der Waals surface area contributed by atoms with Gasteiger partial charge >= 0.3 is 0 Å². The molecule has 12 heavy (non-hydrogen) atoms. The van der Waals surface area contributed by atoms with Crippen molar-refractivity contribution in [2.24, 2.45) is 0 Å². The average Bonchev–Trinajstić information content (AvgIpc) is 2.03. The first-order chi connectivity index (χ1) is 5.70. The number of hydrogen-bond donors (Lipinski definition) is 0. The quantitative estimate of drug-likeness (QED) is 0.685. The summed E-state index contributed by atoms with van der Waals surface area (Å²) in [6.45, 7) is 6.80. The fourth-order valence-electron chi connectivity index (χ4n) is 0.904. The Morgan fingerprint density at radius 3 is 2.83 bits per heavy atom. The highest BCUT2D eigenvalue weighted by Crippen LogP contribution is 2.07. The monoisotopic (exact) mass is 165 g/mol. The van der Waals surface area contributed by atoms with E-state index in [0.29, 0.717) is 6.61 Å². The van der Waals surface area contributed by atoms with E-state index in [4.69, 9.17) is 4.74 Å². The highest BCUT2D eigenvalue weighted by Gasteiger charge is 1.98. The van der Waals surface area contributed by atoms with Gasteiger partial charge in [-0.25, -0.2) is 0 Å². The second-order valence-electron chi connectivity index (χ2n) is 3.16. The van der Waals surface area contributed by atoms with Crippen molar-refractivity contribution < 1.29 is 4.74 Å². The van der Waals surface area contributed by atoms with Crippen molar-refractivity contribution in [1.82, 2.24) is 4.98 Å². The van der Waals surface area contributed by atoms with Gasteiger partial charge in [-0.15, -0.1) is 0 Å². The van der Waals surface area contributed by atoms with Gasteiger partial charge < -0.3 is 4.74 Å². The first kappa shape index (κ1) is 9.20. The molecule has 1 heterocycles. The molecule has 0 saturated carbocycles. The fraction of sp³-hybridized carbons (Fsp3) is 0.500. The molecule has 0 spiro atoms. The summed E-state index contributed by atoms with van der Waals surface area (Å²) < 4.78 is 5.47. The largest absolute Gasteiger partial charge is 0.374 e. The molecule has 0 aliphatic heterocycles. The van der Waals surface area contributed by atoms with Crippen molar-refractivity contribution in [1.29, 1.82) is 0 Å². The van der Waals surface area contributed by atoms with Gasteiger partial charge in [0.15, 0.2) is 0 Å². The molecular weight excluding hydrogens is 150 g/mol. The molecule has 0 amide bonds. The van der Waals surface area contributed by atoms with Crippen LogP contribution in [-0.4, -0.2) is 11.1 Å². The molecule has 1 aromatic rings. The van der Waals surface area contributed by atoms with E-state index in [1.807, 2.05) is 26.1 Å². The van der Waals surface area contributed by atoms with E-state index >= 15 is 0 Å². The van der Waals surface area contributed by atoms with Crippen molar-refractivity contribution in [3.8, 4) is 0 Å². The maximum absolute atomic E-state index is 5.47. The normalized spacial score (nSPS) is 10.7. The van der Waals surface area contributed by atoms with Crippen molar-refractivity contribution in [2.75, 3.05) is 0 Å². The molecule has 1 aromatic heterocycles. The van der Waals surface area contributed by atoms with E-state index in [1.54, 1.807) is 6.20 Å². The minimum absolute atomic E-state index is 0.282. The lowest BCUT2D eigenvalue weighted by atomic mass is 10.2. The summed E-state index contributed by atoms with van der Waals surface area (Å²) >= 11 is 0. The Morgan fingerprint density at radius 2 is 2.25 bits per heavy atom. The van der Waals surface area contributed by atoms with Gasteiger partial charge in [0.25, 0.3) is 0 Å². The maximum atomic E-state index is 5.47. The van der Waals surface area contributed by atoms with Gasteiger partial charge in [0.1, 0.15) is 0 Å². The summed E-state index contributed by atoms with van der Waals surface area (Å²) in [4.78, 5) is 4.04. The van der Waals surface area contributed by atoms with Crippen LogP contribution in [0, 0.1) is 6.92 Å². The lowest BCUT2D eigenvalue weighted by molar-refractivity contribution is 0.0652. The van der Waals surface area contributed by atoms with Crippen LogP contribution in [0.1, 0.15) is 25.0 Å². The summed E-state index contributed by atoms with van der Waals surface area (Å²) in [6.07, 6.45) is 3.94. The van der Waals surface area contributed by atoms with Gasteiger partial charge in [-0.3, -0.25) is 4.98 Å². The van der Waals surface area contributed by atoms with Gasteiger partial charge in [0, 0.05) is 12.4 Å². The minimum Gasteiger partial charge on any atom is -0.374 e. The van der Waals surface area contributed by atoms with Crippen LogP contribution in [0.15, 0.2) is 18.5 Å². The van der Waals surface area contributed by atoms with Crippen LogP contribution in [0.4, 0.5) is 0 Å². The van der Waals surface area contributed by atoms with Crippen LogP contribution in [0.2, 0.25) is 0 Å². The Labute approximate surface area is 73.6 Å². The molecule has 2 nitrogen and oxygen atoms in total. The Morgan fingerprint density at radius 1 is 1.50 bits per heavy atom. The van der Waals surface area contributed by atoms with Crippen molar-refractivity contribution >= 4 is 0 Å². The van der Waals surface area contributed by atoms with Crippen molar-refractivity contribution in [2.45, 2.75) is 33.5 Å². The summed E-state index contributed by atoms with van der Waals surface area (Å²) in [5.74, 6) is 0. The van der Waals surface area contributed by atoms with Crippen LogP contribution in [0.3, 0.4) is 0 Å². The number of hydrogen-bond acceptors (Lipinski definition) is 2. The molecule has 0 saturated heterocycles. The van der Waals surface area contributed by atoms with Gasteiger partial charge in [-0.05, 0) is 38.0 Å². The standard InChI is InChI=1S/C10H15NO/c1-8(2)12-7-10-6-11-5-4-9(10)3/h4-6,8H,7H2,1-3H3. The molecule has 0 aliphatic carbocycles. The smallest absolute Gasteiger partial charge is 0.0737 e. The van der Waals surface area contributed by atoms with Gasteiger partial charge in [0.05, 0.1) is 12.7 Å². The van der Waals surface area contributed by atoms with Crippen molar-refractivity contribution in [3.63, 3.8) is 0 Å². The molecule has 0 atom stereocenters. The lowest BCUT2D eigenvalue weighted by Crippen LogP contribution is -2.03. The molecule has 66 valence electrons.